The van der Waals surface area contributed by atoms with E-state index in [2.05, 4.69) is 43.4 Å². The van der Waals surface area contributed by atoms with Crippen molar-refractivity contribution in [2.75, 3.05) is 6.54 Å². The van der Waals surface area contributed by atoms with Gasteiger partial charge in [0.25, 0.3) is 0 Å². The van der Waals surface area contributed by atoms with Gasteiger partial charge in [-0.1, -0.05) is 44.5 Å². The van der Waals surface area contributed by atoms with Gasteiger partial charge in [0.1, 0.15) is 0 Å². The third-order valence-electron chi connectivity index (χ3n) is 3.22. The van der Waals surface area contributed by atoms with Crippen LogP contribution in [0.3, 0.4) is 0 Å². The Kier molecular flexibility index (Phi) is 7.19. The van der Waals surface area contributed by atoms with E-state index in [-0.39, 0.29) is 6.42 Å². The lowest BCUT2D eigenvalue weighted by Gasteiger charge is -2.08. The zero-order valence-electron chi connectivity index (χ0n) is 12.0. The molecule has 0 spiro atoms. The molecule has 0 saturated heterocycles. The number of carboxylic acid groups (broad SMARTS) is 1. The first-order valence-electron chi connectivity index (χ1n) is 7.11. The topological polar surface area (TPSA) is 49.3 Å². The van der Waals surface area contributed by atoms with E-state index in [1.807, 2.05) is 0 Å². The van der Waals surface area contributed by atoms with Gasteiger partial charge in [0.2, 0.25) is 0 Å². The number of aliphatic carboxylic acids is 1. The molecule has 0 aliphatic heterocycles. The molecule has 19 heavy (non-hydrogen) atoms. The first kappa shape index (κ1) is 15.7. The summed E-state index contributed by atoms with van der Waals surface area (Å²) < 4.78 is 0. The lowest BCUT2D eigenvalue weighted by Crippen LogP contribution is -2.14. The van der Waals surface area contributed by atoms with E-state index in [9.17, 15) is 4.79 Å². The van der Waals surface area contributed by atoms with Gasteiger partial charge in [0, 0.05) is 13.0 Å². The smallest absolute Gasteiger partial charge is 0.303 e. The molecule has 0 aliphatic rings. The molecule has 106 valence electrons. The Labute approximate surface area is 116 Å². The molecule has 0 aromatic heterocycles. The van der Waals surface area contributed by atoms with Crippen molar-refractivity contribution in [1.29, 1.82) is 0 Å². The second-order valence-electron chi connectivity index (χ2n) is 5.28. The van der Waals surface area contributed by atoms with Crippen LogP contribution in [0.2, 0.25) is 0 Å². The Bertz CT molecular complexity index is 371. The van der Waals surface area contributed by atoms with Crippen LogP contribution in [0, 0.1) is 0 Å². The van der Waals surface area contributed by atoms with Crippen molar-refractivity contribution in [3.63, 3.8) is 0 Å². The predicted octanol–water partition coefficient (Wildman–Crippen LogP) is 3.54. The van der Waals surface area contributed by atoms with Crippen molar-refractivity contribution in [2.24, 2.45) is 0 Å². The van der Waals surface area contributed by atoms with Crippen LogP contribution >= 0.6 is 0 Å². The quantitative estimate of drug-likeness (QED) is 0.670. The minimum absolute atomic E-state index is 0.288. The molecule has 0 radical (unpaired) electrons. The van der Waals surface area contributed by atoms with E-state index < -0.39 is 5.97 Å². The van der Waals surface area contributed by atoms with Crippen LogP contribution in [0.15, 0.2) is 24.3 Å². The summed E-state index contributed by atoms with van der Waals surface area (Å²) in [6.45, 7) is 6.23. The van der Waals surface area contributed by atoms with Gasteiger partial charge in [-0.2, -0.15) is 0 Å². The summed E-state index contributed by atoms with van der Waals surface area (Å²) >= 11 is 0. The van der Waals surface area contributed by atoms with Crippen LogP contribution in [-0.2, 0) is 11.3 Å². The minimum atomic E-state index is -0.696. The Hall–Kier alpha value is -1.35. The average Bonchev–Trinajstić information content (AvgIpc) is 2.38. The molecule has 0 fully saturated rings. The number of benzene rings is 1. The standard InChI is InChI=1S/C16H25NO2/c1-13(2)15-9-7-14(8-10-15)12-17-11-5-3-4-6-16(18)19/h7-10,13,17H,3-6,11-12H2,1-2H3,(H,18,19). The SMILES string of the molecule is CC(C)c1ccc(CNCCCCCC(=O)O)cc1. The summed E-state index contributed by atoms with van der Waals surface area (Å²) in [6, 6.07) is 8.72. The highest BCUT2D eigenvalue weighted by molar-refractivity contribution is 5.66. The van der Waals surface area contributed by atoms with Gasteiger partial charge < -0.3 is 10.4 Å². The molecular weight excluding hydrogens is 238 g/mol. The van der Waals surface area contributed by atoms with Crippen molar-refractivity contribution in [2.45, 2.75) is 52.0 Å². The monoisotopic (exact) mass is 263 g/mol. The van der Waals surface area contributed by atoms with Crippen LogP contribution in [0.25, 0.3) is 0 Å². The normalized spacial score (nSPS) is 10.9. The molecular formula is C16H25NO2. The maximum Gasteiger partial charge on any atom is 0.303 e. The Morgan fingerprint density at radius 3 is 2.42 bits per heavy atom. The number of carbonyl (C=O) groups is 1. The largest absolute Gasteiger partial charge is 0.481 e. The number of nitrogens with one attached hydrogen (secondary N) is 1. The maximum atomic E-state index is 10.3. The Morgan fingerprint density at radius 2 is 1.84 bits per heavy atom. The summed E-state index contributed by atoms with van der Waals surface area (Å²) in [5.74, 6) is -0.116. The fourth-order valence-corrected chi connectivity index (χ4v) is 1.96. The number of carboxylic acids is 1. The van der Waals surface area contributed by atoms with Crippen molar-refractivity contribution in [3.8, 4) is 0 Å². The molecule has 3 nitrogen and oxygen atoms in total. The number of unbranched alkanes of at least 4 members (excludes halogenated alkanes) is 2. The molecule has 0 bridgehead atoms. The lowest BCUT2D eigenvalue weighted by molar-refractivity contribution is -0.137. The molecule has 0 saturated carbocycles. The van der Waals surface area contributed by atoms with Crippen LogP contribution in [0.5, 0.6) is 0 Å². The second kappa shape index (κ2) is 8.70. The predicted molar refractivity (Wildman–Crippen MR) is 78.3 cm³/mol. The van der Waals surface area contributed by atoms with E-state index in [0.717, 1.165) is 32.4 Å². The highest BCUT2D eigenvalue weighted by Gasteiger charge is 1.99. The maximum absolute atomic E-state index is 10.3. The number of hydrogen-bond acceptors (Lipinski definition) is 2. The molecule has 0 heterocycles. The molecule has 0 atom stereocenters. The van der Waals surface area contributed by atoms with Crippen molar-refractivity contribution < 1.29 is 9.90 Å². The van der Waals surface area contributed by atoms with Gasteiger partial charge in [0.15, 0.2) is 0 Å². The van der Waals surface area contributed by atoms with Crippen LogP contribution < -0.4 is 5.32 Å². The fraction of sp³-hybridized carbons (Fsp3) is 0.562. The zero-order chi connectivity index (χ0) is 14.1. The van der Waals surface area contributed by atoms with Gasteiger partial charge in [-0.25, -0.2) is 0 Å². The summed E-state index contributed by atoms with van der Waals surface area (Å²) in [6.07, 6.45) is 3.08. The van der Waals surface area contributed by atoms with Crippen LogP contribution in [0.1, 0.15) is 56.6 Å². The third-order valence-corrected chi connectivity index (χ3v) is 3.22. The van der Waals surface area contributed by atoms with E-state index in [1.165, 1.54) is 11.1 Å². The van der Waals surface area contributed by atoms with Gasteiger partial charge in [-0.3, -0.25) is 4.79 Å². The van der Waals surface area contributed by atoms with Crippen molar-refractivity contribution >= 4 is 5.97 Å². The molecule has 0 aliphatic carbocycles. The van der Waals surface area contributed by atoms with Gasteiger partial charge >= 0.3 is 5.97 Å². The van der Waals surface area contributed by atoms with Crippen molar-refractivity contribution in [3.05, 3.63) is 35.4 Å². The molecule has 1 rings (SSSR count). The van der Waals surface area contributed by atoms with Crippen LogP contribution in [0.4, 0.5) is 0 Å². The van der Waals surface area contributed by atoms with Gasteiger partial charge in [-0.15, -0.1) is 0 Å². The second-order valence-corrected chi connectivity index (χ2v) is 5.28. The zero-order valence-corrected chi connectivity index (χ0v) is 12.0. The molecule has 1 aromatic rings. The minimum Gasteiger partial charge on any atom is -0.481 e. The van der Waals surface area contributed by atoms with E-state index in [0.29, 0.717) is 5.92 Å². The van der Waals surface area contributed by atoms with E-state index >= 15 is 0 Å². The van der Waals surface area contributed by atoms with E-state index in [4.69, 9.17) is 5.11 Å². The molecule has 2 N–H and O–H groups in total. The summed E-state index contributed by atoms with van der Waals surface area (Å²) in [5.41, 5.74) is 2.67. The number of hydrogen-bond donors (Lipinski definition) is 2. The fourth-order valence-electron chi connectivity index (χ4n) is 1.96. The summed E-state index contributed by atoms with van der Waals surface area (Å²) in [7, 11) is 0. The van der Waals surface area contributed by atoms with Gasteiger partial charge in [-0.05, 0) is 36.4 Å². The van der Waals surface area contributed by atoms with E-state index in [1.54, 1.807) is 0 Å². The summed E-state index contributed by atoms with van der Waals surface area (Å²) in [5, 5.41) is 11.9. The lowest BCUT2D eigenvalue weighted by atomic mass is 10.0. The first-order valence-corrected chi connectivity index (χ1v) is 7.11. The van der Waals surface area contributed by atoms with Crippen molar-refractivity contribution in [1.82, 2.24) is 5.32 Å². The average molecular weight is 263 g/mol. The first-order chi connectivity index (χ1) is 9.09. The Balaban J connectivity index is 2.10. The Morgan fingerprint density at radius 1 is 1.16 bits per heavy atom. The highest BCUT2D eigenvalue weighted by atomic mass is 16.4. The third kappa shape index (κ3) is 6.97. The van der Waals surface area contributed by atoms with Crippen LogP contribution in [-0.4, -0.2) is 17.6 Å². The summed E-state index contributed by atoms with van der Waals surface area (Å²) in [4.78, 5) is 10.3. The highest BCUT2D eigenvalue weighted by Crippen LogP contribution is 2.14. The number of rotatable bonds is 9. The molecule has 1 aromatic carbocycles. The van der Waals surface area contributed by atoms with Gasteiger partial charge in [0.05, 0.1) is 0 Å². The molecule has 3 heteroatoms. The molecule has 0 amide bonds. The molecule has 0 unspecified atom stereocenters.